The first kappa shape index (κ1) is 27.9. The zero-order valence-electron chi connectivity index (χ0n) is 28.2. The summed E-state index contributed by atoms with van der Waals surface area (Å²) < 4.78 is 4.88. The summed E-state index contributed by atoms with van der Waals surface area (Å²) in [5.41, 5.74) is 20.1. The van der Waals surface area contributed by atoms with Crippen molar-refractivity contribution in [3.63, 3.8) is 0 Å². The van der Waals surface area contributed by atoms with Gasteiger partial charge >= 0.3 is 0 Å². The molecular formula is C50H30N2. The molecule has 0 saturated carbocycles. The average molecular weight is 659 g/mol. The van der Waals surface area contributed by atoms with Crippen molar-refractivity contribution in [2.75, 3.05) is 0 Å². The standard InChI is InChI=1S/C50H30N2/c1-3-19-41-33(13-1)34-14-2-4-20-42(34)49(41)50-43-29-31(51-45-21-9-5-15-37(45)38-16-6-10-22-46(38)51)25-27-35(43)36-28-26-32(30-44(36)50)52-47-23-11-7-17-39(47)40-18-8-12-24-48(40)52/h1-30H. The second-order valence-corrected chi connectivity index (χ2v) is 14.0. The summed E-state index contributed by atoms with van der Waals surface area (Å²) in [6, 6.07) is 67.2. The first-order chi connectivity index (χ1) is 25.8. The van der Waals surface area contributed by atoms with E-state index in [0.717, 1.165) is 0 Å². The van der Waals surface area contributed by atoms with Crippen LogP contribution in [-0.4, -0.2) is 9.13 Å². The van der Waals surface area contributed by atoms with Crippen LogP contribution in [0.2, 0.25) is 0 Å². The Morgan fingerprint density at radius 3 is 0.904 bits per heavy atom. The molecule has 0 atom stereocenters. The molecule has 8 aromatic carbocycles. The summed E-state index contributed by atoms with van der Waals surface area (Å²) in [6.45, 7) is 0. The number of hydrogen-bond donors (Lipinski definition) is 0. The van der Waals surface area contributed by atoms with E-state index in [1.165, 1.54) is 111 Å². The lowest BCUT2D eigenvalue weighted by Gasteiger charge is -2.15. The number of aromatic nitrogens is 2. The molecule has 0 N–H and O–H groups in total. The first-order valence-electron chi connectivity index (χ1n) is 18.0. The van der Waals surface area contributed by atoms with Gasteiger partial charge in [0, 0.05) is 32.9 Å². The van der Waals surface area contributed by atoms with Crippen molar-refractivity contribution in [2.45, 2.75) is 0 Å². The Kier molecular flexibility index (Phi) is 5.53. The Balaban J connectivity index is 1.18. The van der Waals surface area contributed by atoms with Gasteiger partial charge in [0.1, 0.15) is 0 Å². The highest BCUT2D eigenvalue weighted by Gasteiger charge is 2.33. The van der Waals surface area contributed by atoms with Crippen molar-refractivity contribution >= 4 is 54.8 Å². The van der Waals surface area contributed by atoms with E-state index in [-0.39, 0.29) is 0 Å². The van der Waals surface area contributed by atoms with Gasteiger partial charge < -0.3 is 9.13 Å². The van der Waals surface area contributed by atoms with E-state index >= 15 is 0 Å². The molecule has 2 aliphatic rings. The maximum atomic E-state index is 2.44. The minimum Gasteiger partial charge on any atom is -0.309 e. The van der Waals surface area contributed by atoms with Crippen LogP contribution >= 0.6 is 0 Å². The zero-order chi connectivity index (χ0) is 33.9. The van der Waals surface area contributed by atoms with Gasteiger partial charge in [-0.1, -0.05) is 133 Å². The molecule has 0 fully saturated rings. The lowest BCUT2D eigenvalue weighted by atomic mass is 9.91. The van der Waals surface area contributed by atoms with Crippen molar-refractivity contribution < 1.29 is 0 Å². The van der Waals surface area contributed by atoms with Crippen LogP contribution in [0.5, 0.6) is 0 Å². The fourth-order valence-electron chi connectivity index (χ4n) is 9.33. The van der Waals surface area contributed by atoms with Crippen LogP contribution in [0.3, 0.4) is 0 Å². The second-order valence-electron chi connectivity index (χ2n) is 14.0. The molecule has 2 aliphatic carbocycles. The molecule has 52 heavy (non-hydrogen) atoms. The van der Waals surface area contributed by atoms with Gasteiger partial charge in [0.25, 0.3) is 0 Å². The smallest absolute Gasteiger partial charge is 0.0541 e. The normalized spacial score (nSPS) is 12.9. The summed E-state index contributed by atoms with van der Waals surface area (Å²) in [5, 5.41) is 5.09. The highest BCUT2D eigenvalue weighted by Crippen LogP contribution is 2.55. The van der Waals surface area contributed by atoms with E-state index in [1.807, 2.05) is 0 Å². The monoisotopic (exact) mass is 658 g/mol. The van der Waals surface area contributed by atoms with Crippen molar-refractivity contribution in [1.29, 1.82) is 0 Å². The van der Waals surface area contributed by atoms with Crippen molar-refractivity contribution in [3.05, 3.63) is 204 Å². The zero-order valence-corrected chi connectivity index (χ0v) is 28.2. The molecule has 0 radical (unpaired) electrons. The highest BCUT2D eigenvalue weighted by atomic mass is 15.0. The predicted octanol–water partition coefficient (Wildman–Crippen LogP) is 12.8. The van der Waals surface area contributed by atoms with Gasteiger partial charge in [0.05, 0.1) is 22.1 Å². The molecule has 0 unspecified atom stereocenters. The summed E-state index contributed by atoms with van der Waals surface area (Å²) in [5.74, 6) is 0. The second kappa shape index (κ2) is 10.3. The van der Waals surface area contributed by atoms with E-state index in [0.29, 0.717) is 0 Å². The molecule has 0 bridgehead atoms. The van der Waals surface area contributed by atoms with E-state index < -0.39 is 0 Å². The topological polar surface area (TPSA) is 9.86 Å². The third kappa shape index (κ3) is 3.63. The molecule has 2 heterocycles. The SMILES string of the molecule is c1ccc2c(c1)C(=C1c3cc(-n4c5ccccc5c5ccccc54)ccc3-c3ccc(-n4c5ccccc5c5ccccc54)cc31)c1ccccc1-2. The molecule has 2 aromatic heterocycles. The third-order valence-electron chi connectivity index (χ3n) is 11.4. The van der Waals surface area contributed by atoms with E-state index in [1.54, 1.807) is 0 Å². The molecule has 0 aliphatic heterocycles. The molecule has 10 aromatic rings. The van der Waals surface area contributed by atoms with Crippen LogP contribution in [0.4, 0.5) is 0 Å². The fourth-order valence-corrected chi connectivity index (χ4v) is 9.33. The van der Waals surface area contributed by atoms with E-state index in [4.69, 9.17) is 0 Å². The maximum Gasteiger partial charge on any atom is 0.0541 e. The number of fused-ring (bicyclic) bond motifs is 12. The van der Waals surface area contributed by atoms with Crippen molar-refractivity contribution in [1.82, 2.24) is 9.13 Å². The van der Waals surface area contributed by atoms with Gasteiger partial charge in [-0.2, -0.15) is 0 Å². The van der Waals surface area contributed by atoms with Crippen molar-refractivity contribution in [3.8, 4) is 33.6 Å². The van der Waals surface area contributed by atoms with Crippen molar-refractivity contribution in [2.24, 2.45) is 0 Å². The van der Waals surface area contributed by atoms with Gasteiger partial charge in [0.2, 0.25) is 0 Å². The molecule has 2 nitrogen and oxygen atoms in total. The minimum absolute atomic E-state index is 1.17. The van der Waals surface area contributed by atoms with Gasteiger partial charge in [-0.15, -0.1) is 0 Å². The predicted molar refractivity (Wildman–Crippen MR) is 217 cm³/mol. The summed E-state index contributed by atoms with van der Waals surface area (Å²) >= 11 is 0. The van der Waals surface area contributed by atoms with Gasteiger partial charge in [-0.05, 0) is 104 Å². The van der Waals surface area contributed by atoms with Crippen LogP contribution in [0.1, 0.15) is 22.3 Å². The Labute approximate surface area is 300 Å². The number of benzene rings is 8. The lowest BCUT2D eigenvalue weighted by Crippen LogP contribution is -1.97. The highest BCUT2D eigenvalue weighted by molar-refractivity contribution is 6.19. The van der Waals surface area contributed by atoms with E-state index in [9.17, 15) is 0 Å². The lowest BCUT2D eigenvalue weighted by molar-refractivity contribution is 1.18. The number of rotatable bonds is 2. The fraction of sp³-hybridized carbons (Fsp3) is 0. The largest absolute Gasteiger partial charge is 0.309 e. The molecule has 0 amide bonds. The molecule has 0 spiro atoms. The summed E-state index contributed by atoms with van der Waals surface area (Å²) in [4.78, 5) is 0. The first-order valence-corrected chi connectivity index (χ1v) is 18.0. The molecule has 0 saturated heterocycles. The quantitative estimate of drug-likeness (QED) is 0.175. The molecule has 240 valence electrons. The molecule has 2 heteroatoms. The Bertz CT molecular complexity index is 2860. The number of hydrogen-bond acceptors (Lipinski definition) is 0. The molecular weight excluding hydrogens is 629 g/mol. The minimum atomic E-state index is 1.17. The van der Waals surface area contributed by atoms with E-state index in [2.05, 4.69) is 191 Å². The number of para-hydroxylation sites is 4. The van der Waals surface area contributed by atoms with Crippen LogP contribution in [0.25, 0.3) is 88.4 Å². The molecule has 12 rings (SSSR count). The maximum absolute atomic E-state index is 2.44. The summed E-state index contributed by atoms with van der Waals surface area (Å²) in [6.07, 6.45) is 0. The summed E-state index contributed by atoms with van der Waals surface area (Å²) in [7, 11) is 0. The number of nitrogens with zero attached hydrogens (tertiary/aromatic N) is 2. The Hall–Kier alpha value is -6.90. The Morgan fingerprint density at radius 1 is 0.231 bits per heavy atom. The van der Waals surface area contributed by atoms with Crippen LogP contribution in [0.15, 0.2) is 182 Å². The Morgan fingerprint density at radius 2 is 0.519 bits per heavy atom. The third-order valence-corrected chi connectivity index (χ3v) is 11.4. The van der Waals surface area contributed by atoms with Gasteiger partial charge in [-0.25, -0.2) is 0 Å². The van der Waals surface area contributed by atoms with Crippen LogP contribution in [0, 0.1) is 0 Å². The average Bonchev–Trinajstić information content (AvgIpc) is 3.92. The van der Waals surface area contributed by atoms with Crippen LogP contribution < -0.4 is 0 Å². The van der Waals surface area contributed by atoms with Crippen LogP contribution in [-0.2, 0) is 0 Å². The van der Waals surface area contributed by atoms with Gasteiger partial charge in [0.15, 0.2) is 0 Å². The van der Waals surface area contributed by atoms with Gasteiger partial charge in [-0.3, -0.25) is 0 Å².